The Morgan fingerprint density at radius 2 is 2.08 bits per heavy atom. The lowest BCUT2D eigenvalue weighted by Gasteiger charge is -2.29. The van der Waals surface area contributed by atoms with Crippen LogP contribution in [0.1, 0.15) is 65.8 Å². The highest BCUT2D eigenvalue weighted by atomic mass is 16.5. The molecule has 0 radical (unpaired) electrons. The summed E-state index contributed by atoms with van der Waals surface area (Å²) in [6.07, 6.45) is 6.70. The molecule has 0 unspecified atom stereocenters. The number of nitrogens with one attached hydrogen (secondary N) is 2. The predicted octanol–water partition coefficient (Wildman–Crippen LogP) is 1.66. The van der Waals surface area contributed by atoms with Crippen LogP contribution in [0.15, 0.2) is 6.20 Å². The van der Waals surface area contributed by atoms with Gasteiger partial charge >= 0.3 is 0 Å². The number of rotatable bonds is 6. The number of amides is 1. The fourth-order valence-corrected chi connectivity index (χ4v) is 3.74. The summed E-state index contributed by atoms with van der Waals surface area (Å²) in [4.78, 5) is 20.4. The standard InChI is InChI=1S/C18H29N5O3/c1-26-14-7-5-11(6-8-14)22-18-20-10-15(16(19)25)17(23-18)21-12-3-2-4-13(24)9-12/h10-14,24H,2-9H2,1H3,(H2,19,25)(H2,20,21,22,23)/t11-,12-,13+,14-/m1/s1/i1D3. The van der Waals surface area contributed by atoms with Gasteiger partial charge in [0.2, 0.25) is 5.95 Å². The van der Waals surface area contributed by atoms with Gasteiger partial charge in [0.1, 0.15) is 5.82 Å². The van der Waals surface area contributed by atoms with Crippen molar-refractivity contribution in [3.05, 3.63) is 11.8 Å². The number of anilines is 2. The molecule has 2 aliphatic rings. The van der Waals surface area contributed by atoms with Crippen LogP contribution >= 0.6 is 0 Å². The highest BCUT2D eigenvalue weighted by molar-refractivity contribution is 5.97. The van der Waals surface area contributed by atoms with Crippen LogP contribution in [0.5, 0.6) is 0 Å². The van der Waals surface area contributed by atoms with Gasteiger partial charge in [-0.2, -0.15) is 4.98 Å². The second-order valence-corrected chi connectivity index (χ2v) is 7.22. The van der Waals surface area contributed by atoms with Crippen molar-refractivity contribution < 1.29 is 18.8 Å². The van der Waals surface area contributed by atoms with E-state index in [2.05, 4.69) is 20.6 Å². The van der Waals surface area contributed by atoms with E-state index < -0.39 is 12.9 Å². The molecule has 0 bridgehead atoms. The maximum atomic E-state index is 11.8. The number of aromatic nitrogens is 2. The zero-order chi connectivity index (χ0) is 21.0. The van der Waals surface area contributed by atoms with Crippen molar-refractivity contribution in [2.75, 3.05) is 17.7 Å². The molecule has 8 nitrogen and oxygen atoms in total. The van der Waals surface area contributed by atoms with Gasteiger partial charge in [0.05, 0.1) is 21.9 Å². The fraction of sp³-hybridized carbons (Fsp3) is 0.722. The quantitative estimate of drug-likeness (QED) is 0.604. The molecule has 0 spiro atoms. The van der Waals surface area contributed by atoms with Gasteiger partial charge in [-0.3, -0.25) is 4.79 Å². The van der Waals surface area contributed by atoms with E-state index in [0.29, 0.717) is 31.0 Å². The largest absolute Gasteiger partial charge is 0.393 e. The van der Waals surface area contributed by atoms with Gasteiger partial charge in [0.15, 0.2) is 0 Å². The summed E-state index contributed by atoms with van der Waals surface area (Å²) in [5.74, 6) is 0.139. The molecule has 1 aromatic heterocycles. The van der Waals surface area contributed by atoms with Gasteiger partial charge in [-0.15, -0.1) is 0 Å². The van der Waals surface area contributed by atoms with Crippen molar-refractivity contribution in [2.24, 2.45) is 5.73 Å². The topological polar surface area (TPSA) is 122 Å². The molecule has 1 heterocycles. The third-order valence-electron chi connectivity index (χ3n) is 5.22. The number of aliphatic hydroxyl groups is 1. The molecular formula is C18H29N5O3. The van der Waals surface area contributed by atoms with Crippen molar-refractivity contribution in [3.63, 3.8) is 0 Å². The molecule has 2 saturated carbocycles. The third kappa shape index (κ3) is 4.82. The minimum atomic E-state index is -2.37. The average molecular weight is 366 g/mol. The first kappa shape index (κ1) is 15.2. The van der Waals surface area contributed by atoms with Gasteiger partial charge in [-0.05, 0) is 51.4 Å². The fourth-order valence-electron chi connectivity index (χ4n) is 3.74. The summed E-state index contributed by atoms with van der Waals surface area (Å²) in [5.41, 5.74) is 5.67. The Kier molecular flexibility index (Phi) is 5.04. The molecule has 8 heteroatoms. The maximum Gasteiger partial charge on any atom is 0.254 e. The highest BCUT2D eigenvalue weighted by Crippen LogP contribution is 2.25. The Balaban J connectivity index is 1.62. The summed E-state index contributed by atoms with van der Waals surface area (Å²) in [5, 5.41) is 16.4. The Hall–Kier alpha value is -1.93. The van der Waals surface area contributed by atoms with Crippen LogP contribution in [0.4, 0.5) is 11.8 Å². The molecule has 1 amide bonds. The molecule has 5 N–H and O–H groups in total. The van der Waals surface area contributed by atoms with Crippen molar-refractivity contribution in [2.45, 2.75) is 75.7 Å². The highest BCUT2D eigenvalue weighted by Gasteiger charge is 2.24. The van der Waals surface area contributed by atoms with Crippen LogP contribution in [0.2, 0.25) is 0 Å². The minimum Gasteiger partial charge on any atom is -0.393 e. The number of carbonyl (C=O) groups is 1. The number of ether oxygens (including phenoxy) is 1. The van der Waals surface area contributed by atoms with E-state index in [1.807, 2.05) is 0 Å². The Bertz CT molecular complexity index is 710. The van der Waals surface area contributed by atoms with E-state index in [1.54, 1.807) is 0 Å². The normalized spacial score (nSPS) is 31.3. The van der Waals surface area contributed by atoms with Crippen LogP contribution in [0.25, 0.3) is 0 Å². The van der Waals surface area contributed by atoms with Crippen LogP contribution in [0.3, 0.4) is 0 Å². The van der Waals surface area contributed by atoms with Crippen molar-refractivity contribution in [1.82, 2.24) is 9.97 Å². The van der Waals surface area contributed by atoms with Gasteiger partial charge in [-0.1, -0.05) is 0 Å². The van der Waals surface area contributed by atoms with E-state index in [0.717, 1.165) is 32.1 Å². The average Bonchev–Trinajstić information content (AvgIpc) is 2.62. The molecular weight excluding hydrogens is 334 g/mol. The minimum absolute atomic E-state index is 0.0204. The molecule has 2 aliphatic carbocycles. The Morgan fingerprint density at radius 1 is 1.27 bits per heavy atom. The lowest BCUT2D eigenvalue weighted by molar-refractivity contribution is 0.0681. The lowest BCUT2D eigenvalue weighted by Crippen LogP contribution is -2.32. The zero-order valence-corrected chi connectivity index (χ0v) is 14.8. The second-order valence-electron chi connectivity index (χ2n) is 7.22. The number of nitrogens with two attached hydrogens (primary N) is 1. The monoisotopic (exact) mass is 366 g/mol. The number of hydrogen-bond acceptors (Lipinski definition) is 7. The van der Waals surface area contributed by atoms with Crippen LogP contribution < -0.4 is 16.4 Å². The SMILES string of the molecule is [2H]C([2H])([2H])O[C@H]1CC[C@H](Nc2ncc(C(N)=O)c(N[C@@H]3CCC[C@H](O)C3)n2)CC1. The van der Waals surface area contributed by atoms with E-state index in [9.17, 15) is 9.90 Å². The molecule has 3 rings (SSSR count). The Labute approximate surface area is 158 Å². The van der Waals surface area contributed by atoms with Gasteiger partial charge in [0, 0.05) is 25.3 Å². The van der Waals surface area contributed by atoms with Gasteiger partial charge in [0.25, 0.3) is 5.91 Å². The van der Waals surface area contributed by atoms with Gasteiger partial charge in [-0.25, -0.2) is 4.98 Å². The molecule has 26 heavy (non-hydrogen) atoms. The number of primary amides is 1. The van der Waals surface area contributed by atoms with E-state index in [-0.39, 0.29) is 29.9 Å². The number of carbonyl (C=O) groups excluding carboxylic acids is 1. The maximum absolute atomic E-state index is 11.8. The van der Waals surface area contributed by atoms with Crippen LogP contribution in [0, 0.1) is 0 Å². The Morgan fingerprint density at radius 3 is 2.77 bits per heavy atom. The molecule has 2 atom stereocenters. The summed E-state index contributed by atoms with van der Waals surface area (Å²) in [6.45, 7) is 0. The number of methoxy groups -OCH3 is 1. The van der Waals surface area contributed by atoms with E-state index in [1.165, 1.54) is 6.20 Å². The first-order valence-electron chi connectivity index (χ1n) is 10.8. The van der Waals surface area contributed by atoms with Crippen molar-refractivity contribution in [1.29, 1.82) is 0 Å². The first-order valence-corrected chi connectivity index (χ1v) is 9.25. The third-order valence-corrected chi connectivity index (χ3v) is 5.22. The molecule has 1 aromatic rings. The predicted molar refractivity (Wildman–Crippen MR) is 99.1 cm³/mol. The summed E-state index contributed by atoms with van der Waals surface area (Å²) >= 11 is 0. The summed E-state index contributed by atoms with van der Waals surface area (Å²) in [7, 11) is -2.37. The first-order chi connectivity index (χ1) is 13.7. The second kappa shape index (κ2) is 8.64. The van der Waals surface area contributed by atoms with E-state index >= 15 is 0 Å². The van der Waals surface area contributed by atoms with E-state index in [4.69, 9.17) is 14.6 Å². The molecule has 144 valence electrons. The van der Waals surface area contributed by atoms with Crippen LogP contribution in [-0.4, -0.2) is 52.3 Å². The van der Waals surface area contributed by atoms with Crippen molar-refractivity contribution >= 4 is 17.7 Å². The summed E-state index contributed by atoms with van der Waals surface area (Å²) in [6, 6.07) is 0.113. The lowest BCUT2D eigenvalue weighted by atomic mass is 9.93. The summed E-state index contributed by atoms with van der Waals surface area (Å²) < 4.78 is 26.7. The van der Waals surface area contributed by atoms with Crippen molar-refractivity contribution in [3.8, 4) is 0 Å². The smallest absolute Gasteiger partial charge is 0.254 e. The number of aliphatic hydroxyl groups excluding tert-OH is 1. The molecule has 2 fully saturated rings. The van der Waals surface area contributed by atoms with Crippen LogP contribution in [-0.2, 0) is 4.74 Å². The number of nitrogens with zero attached hydrogens (tertiary/aromatic N) is 2. The number of hydrogen-bond donors (Lipinski definition) is 4. The molecule has 0 saturated heterocycles. The van der Waals surface area contributed by atoms with Gasteiger partial charge < -0.3 is 26.2 Å². The molecule has 0 aliphatic heterocycles. The zero-order valence-electron chi connectivity index (χ0n) is 17.8. The molecule has 0 aromatic carbocycles.